The maximum Gasteiger partial charge on any atom is 0.341 e. The first-order valence-corrected chi connectivity index (χ1v) is 15.5. The summed E-state index contributed by atoms with van der Waals surface area (Å²) >= 11 is 4.49. The zero-order chi connectivity index (χ0) is 27.4. The summed E-state index contributed by atoms with van der Waals surface area (Å²) in [7, 11) is 1.38. The van der Waals surface area contributed by atoms with Gasteiger partial charge in [-0.3, -0.25) is 9.36 Å². The third-order valence-electron chi connectivity index (χ3n) is 6.70. The standard InChI is InChI=1S/C29H30N4O3S3/c1-4-15-33-26(21-16-37-18(2)24(21)19-11-7-5-8-12-19)31-32-29(33)38-17-23(34)30-27-25(28(35)36-3)20-13-9-6-10-14-22(20)39-27/h4-5,7-8,11-12,16H,1,6,9-10,13-15,17H2,2-3H3,(H,30,34). The summed E-state index contributed by atoms with van der Waals surface area (Å²) in [6.45, 7) is 6.54. The Morgan fingerprint density at radius 1 is 1.18 bits per heavy atom. The van der Waals surface area contributed by atoms with Crippen molar-refractivity contribution in [3.8, 4) is 22.5 Å². The fourth-order valence-electron chi connectivity index (χ4n) is 4.91. The molecule has 3 heterocycles. The lowest BCUT2D eigenvalue weighted by Gasteiger charge is -2.10. The molecule has 1 N–H and O–H groups in total. The molecule has 0 radical (unpaired) electrons. The molecule has 0 unspecified atom stereocenters. The van der Waals surface area contributed by atoms with Gasteiger partial charge in [0.05, 0.1) is 18.4 Å². The number of allylic oxidation sites excluding steroid dienone is 1. The molecule has 1 aromatic carbocycles. The monoisotopic (exact) mass is 578 g/mol. The van der Waals surface area contributed by atoms with E-state index < -0.39 is 5.97 Å². The Kier molecular flexibility index (Phi) is 8.64. The van der Waals surface area contributed by atoms with Crippen LogP contribution in [0.5, 0.6) is 0 Å². The summed E-state index contributed by atoms with van der Waals surface area (Å²) < 4.78 is 7.06. The van der Waals surface area contributed by atoms with Crippen molar-refractivity contribution in [2.24, 2.45) is 0 Å². The number of nitrogens with one attached hydrogen (secondary N) is 1. The number of aryl methyl sites for hydroxylation is 2. The van der Waals surface area contributed by atoms with Gasteiger partial charge in [0.2, 0.25) is 5.91 Å². The summed E-state index contributed by atoms with van der Waals surface area (Å²) in [4.78, 5) is 28.1. The van der Waals surface area contributed by atoms with E-state index >= 15 is 0 Å². The van der Waals surface area contributed by atoms with Gasteiger partial charge in [0.25, 0.3) is 0 Å². The van der Waals surface area contributed by atoms with Crippen LogP contribution in [0, 0.1) is 6.92 Å². The number of nitrogens with zero attached hydrogens (tertiary/aromatic N) is 3. The van der Waals surface area contributed by atoms with E-state index in [-0.39, 0.29) is 11.7 Å². The molecule has 0 spiro atoms. The van der Waals surface area contributed by atoms with Gasteiger partial charge in [-0.15, -0.1) is 39.4 Å². The van der Waals surface area contributed by atoms with E-state index in [4.69, 9.17) is 4.74 Å². The molecule has 39 heavy (non-hydrogen) atoms. The van der Waals surface area contributed by atoms with Crippen molar-refractivity contribution in [2.75, 3.05) is 18.2 Å². The van der Waals surface area contributed by atoms with Gasteiger partial charge < -0.3 is 10.1 Å². The lowest BCUT2D eigenvalue weighted by atomic mass is 10.0. The predicted octanol–water partition coefficient (Wildman–Crippen LogP) is 7.02. The highest BCUT2D eigenvalue weighted by atomic mass is 32.2. The Morgan fingerprint density at radius 3 is 2.74 bits per heavy atom. The van der Waals surface area contributed by atoms with Crippen LogP contribution in [0.1, 0.15) is 44.9 Å². The molecule has 0 atom stereocenters. The summed E-state index contributed by atoms with van der Waals surface area (Å²) in [6, 6.07) is 10.3. The van der Waals surface area contributed by atoms with E-state index in [0.29, 0.717) is 22.3 Å². The summed E-state index contributed by atoms with van der Waals surface area (Å²) in [6.07, 6.45) is 6.84. The molecule has 202 valence electrons. The summed E-state index contributed by atoms with van der Waals surface area (Å²) in [5, 5.41) is 15.3. The molecular formula is C29H30N4O3S3. The number of hydrogen-bond acceptors (Lipinski definition) is 8. The maximum atomic E-state index is 13.1. The molecule has 5 rings (SSSR count). The maximum absolute atomic E-state index is 13.1. The molecule has 1 aliphatic rings. The smallest absolute Gasteiger partial charge is 0.341 e. The Labute approximate surface area is 240 Å². The molecule has 0 bridgehead atoms. The number of carbonyl (C=O) groups is 2. The number of benzene rings is 1. The molecule has 1 aliphatic carbocycles. The van der Waals surface area contributed by atoms with Crippen molar-refractivity contribution in [1.29, 1.82) is 0 Å². The number of methoxy groups -OCH3 is 1. The molecule has 10 heteroatoms. The zero-order valence-electron chi connectivity index (χ0n) is 22.0. The van der Waals surface area contributed by atoms with Crippen LogP contribution in [-0.4, -0.2) is 39.5 Å². The molecule has 4 aromatic rings. The van der Waals surface area contributed by atoms with Gasteiger partial charge in [-0.05, 0) is 43.7 Å². The Hall–Kier alpha value is -3.21. The normalized spacial score (nSPS) is 13.0. The van der Waals surface area contributed by atoms with Crippen molar-refractivity contribution in [1.82, 2.24) is 14.8 Å². The average Bonchev–Trinajstić information content (AvgIpc) is 3.57. The second-order valence-corrected chi connectivity index (χ2v) is 12.4. The Morgan fingerprint density at radius 2 is 1.97 bits per heavy atom. The number of amides is 1. The minimum atomic E-state index is -0.395. The van der Waals surface area contributed by atoms with Crippen molar-refractivity contribution >= 4 is 51.3 Å². The molecule has 0 saturated carbocycles. The number of ether oxygens (including phenoxy) is 1. The molecule has 0 aliphatic heterocycles. The van der Waals surface area contributed by atoms with Gasteiger partial charge in [-0.2, -0.15) is 0 Å². The number of anilines is 1. The van der Waals surface area contributed by atoms with Crippen molar-refractivity contribution in [3.05, 3.63) is 69.2 Å². The number of carbonyl (C=O) groups excluding carboxylic acids is 2. The fourth-order valence-corrected chi connectivity index (χ4v) is 7.82. The number of aromatic nitrogens is 3. The number of hydrogen-bond donors (Lipinski definition) is 1. The first kappa shape index (κ1) is 27.4. The second-order valence-electron chi connectivity index (χ2n) is 9.25. The SMILES string of the molecule is C=CCn1c(SCC(=O)Nc2sc3c(c2C(=O)OC)CCCCC3)nnc1-c1csc(C)c1-c1ccccc1. The van der Waals surface area contributed by atoms with Crippen LogP contribution in [0.25, 0.3) is 22.5 Å². The Balaban J connectivity index is 1.37. The first-order valence-electron chi connectivity index (χ1n) is 12.8. The first-order chi connectivity index (χ1) is 19.0. The molecular weight excluding hydrogens is 549 g/mol. The van der Waals surface area contributed by atoms with Gasteiger partial charge in [0.15, 0.2) is 11.0 Å². The van der Waals surface area contributed by atoms with E-state index in [1.54, 1.807) is 17.4 Å². The molecule has 0 fully saturated rings. The quantitative estimate of drug-likeness (QED) is 0.0995. The lowest BCUT2D eigenvalue weighted by molar-refractivity contribution is -0.113. The van der Waals surface area contributed by atoms with E-state index in [2.05, 4.69) is 46.5 Å². The molecule has 3 aromatic heterocycles. The van der Waals surface area contributed by atoms with Gasteiger partial charge in [-0.1, -0.05) is 54.6 Å². The van der Waals surface area contributed by atoms with Crippen molar-refractivity contribution < 1.29 is 14.3 Å². The summed E-state index contributed by atoms with van der Waals surface area (Å²) in [5.41, 5.74) is 4.82. The number of esters is 1. The van der Waals surface area contributed by atoms with Crippen molar-refractivity contribution in [3.63, 3.8) is 0 Å². The largest absolute Gasteiger partial charge is 0.465 e. The second kappa shape index (κ2) is 12.3. The minimum Gasteiger partial charge on any atom is -0.465 e. The van der Waals surface area contributed by atoms with Crippen LogP contribution in [0.4, 0.5) is 5.00 Å². The number of thiophene rings is 2. The fraction of sp³-hybridized carbons (Fsp3) is 0.310. The van der Waals surface area contributed by atoms with Gasteiger partial charge >= 0.3 is 5.97 Å². The molecule has 1 amide bonds. The number of thioether (sulfide) groups is 1. The minimum absolute atomic E-state index is 0.132. The highest BCUT2D eigenvalue weighted by molar-refractivity contribution is 7.99. The lowest BCUT2D eigenvalue weighted by Crippen LogP contribution is -2.16. The van der Waals surface area contributed by atoms with E-state index in [1.807, 2.05) is 22.8 Å². The van der Waals surface area contributed by atoms with E-state index in [0.717, 1.165) is 60.2 Å². The molecule has 7 nitrogen and oxygen atoms in total. The van der Waals surface area contributed by atoms with Gasteiger partial charge in [0, 0.05) is 32.8 Å². The topological polar surface area (TPSA) is 86.1 Å². The summed E-state index contributed by atoms with van der Waals surface area (Å²) in [5.74, 6) is 0.281. The van der Waals surface area contributed by atoms with Crippen molar-refractivity contribution in [2.45, 2.75) is 50.7 Å². The van der Waals surface area contributed by atoms with E-state index in [9.17, 15) is 9.59 Å². The van der Waals surface area contributed by atoms with Crippen LogP contribution >= 0.6 is 34.4 Å². The highest BCUT2D eigenvalue weighted by Gasteiger charge is 2.27. The van der Waals surface area contributed by atoms with Gasteiger partial charge in [-0.25, -0.2) is 4.79 Å². The average molecular weight is 579 g/mol. The van der Waals surface area contributed by atoms with Crippen LogP contribution in [0.2, 0.25) is 0 Å². The molecule has 0 saturated heterocycles. The van der Waals surface area contributed by atoms with E-state index in [1.165, 1.54) is 40.0 Å². The number of fused-ring (bicyclic) bond motifs is 1. The van der Waals surface area contributed by atoms with Crippen LogP contribution in [-0.2, 0) is 28.9 Å². The highest BCUT2D eigenvalue weighted by Crippen LogP contribution is 2.40. The van der Waals surface area contributed by atoms with Gasteiger partial charge in [0.1, 0.15) is 5.00 Å². The van der Waals surface area contributed by atoms with Crippen LogP contribution in [0.15, 0.2) is 53.5 Å². The van der Waals surface area contributed by atoms with Crippen LogP contribution < -0.4 is 5.32 Å². The Bertz CT molecular complexity index is 1500. The third kappa shape index (κ3) is 5.73. The van der Waals surface area contributed by atoms with Crippen LogP contribution in [0.3, 0.4) is 0 Å². The predicted molar refractivity (Wildman–Crippen MR) is 160 cm³/mol. The third-order valence-corrected chi connectivity index (χ3v) is 9.79. The number of rotatable bonds is 9. The zero-order valence-corrected chi connectivity index (χ0v) is 24.4.